The van der Waals surface area contributed by atoms with Gasteiger partial charge in [-0.2, -0.15) is 0 Å². The van der Waals surface area contributed by atoms with Crippen LogP contribution in [0.4, 0.5) is 4.79 Å². The maximum Gasteiger partial charge on any atom is 0.408 e. The van der Waals surface area contributed by atoms with Gasteiger partial charge in [0, 0.05) is 0 Å². The third-order valence-electron chi connectivity index (χ3n) is 19.4. The van der Waals surface area contributed by atoms with Crippen LogP contribution < -0.4 is 16.0 Å². The van der Waals surface area contributed by atoms with E-state index >= 15 is 27.8 Å². The SMILES string of the molecule is CC(C)(C)OC(=O)NC(CO)[C@@H](O)[C@@H](O[C@@H]1OC(CO)[C@H](O[C@@H]2OC(CO)[C@H](O)[C@H](O)C2NC(=O)CC(P(=O)(OCc2ccccc2)OCc2ccccc2)P(=O)(OCc2ccccc2)OCc2ccccc2)[C@H](O)C1NC(=O)CC(P(=O)(OCc1ccccc1)OCc1ccccc1)P(=O)(OCc1ccccc1)OCc1ccccc1)C(O)CO. The number of carbonyl (C=O) groups excluding carboxylic acids is 3. The molecular weight excluding hydrogens is 1650 g/mol. The van der Waals surface area contributed by atoms with Crippen molar-refractivity contribution in [1.29, 1.82) is 0 Å². The average Bonchev–Trinajstić information content (AvgIpc) is 0.778. The number of rotatable bonds is 46. The Morgan fingerprint density at radius 1 is 0.397 bits per heavy atom. The van der Waals surface area contributed by atoms with Crippen molar-refractivity contribution in [2.24, 2.45) is 0 Å². The van der Waals surface area contributed by atoms with E-state index in [2.05, 4.69) is 16.0 Å². The molecule has 0 saturated carbocycles. The molecule has 2 saturated heterocycles. The smallest absolute Gasteiger partial charge is 0.408 e. The number of ether oxygens (including phenoxy) is 5. The lowest BCUT2D eigenvalue weighted by Crippen LogP contribution is -2.70. The highest BCUT2D eigenvalue weighted by Gasteiger charge is 2.58. The third kappa shape index (κ3) is 27.8. The Labute approximate surface area is 701 Å². The number of amides is 3. The summed E-state index contributed by atoms with van der Waals surface area (Å²) < 4.78 is 147. The Balaban J connectivity index is 1.06. The van der Waals surface area contributed by atoms with Crippen molar-refractivity contribution in [3.05, 3.63) is 287 Å². The van der Waals surface area contributed by atoms with E-state index in [0.717, 1.165) is 0 Å². The lowest BCUT2D eigenvalue weighted by Gasteiger charge is -2.49. The molecule has 2 aliphatic heterocycles. The first-order valence-corrected chi connectivity index (χ1v) is 45.5. The summed E-state index contributed by atoms with van der Waals surface area (Å²) in [5.74, 6) is -2.63. The van der Waals surface area contributed by atoms with E-state index in [1.54, 1.807) is 243 Å². The largest absolute Gasteiger partial charge is 0.444 e. The highest BCUT2D eigenvalue weighted by molar-refractivity contribution is 7.73. The summed E-state index contributed by atoms with van der Waals surface area (Å²) in [4.78, 5) is 44.8. The Morgan fingerprint density at radius 3 is 0.942 bits per heavy atom. The summed E-state index contributed by atoms with van der Waals surface area (Å²) in [5.41, 5.74) is 2.38. The fraction of sp³-hybridized carbons (Fsp3) is 0.400. The molecule has 8 aromatic carbocycles. The van der Waals surface area contributed by atoms with Gasteiger partial charge in [0.15, 0.2) is 23.4 Å². The molecule has 0 spiro atoms. The standard InChI is InChI=1S/C85H105N3O29P4/c1-85(2,3)117-84(100)86-66(46-89)76(96)80(67(93)47-90)115-83-75(88-71(95)45-73(120(103,109-54-62-36-20-8-21-37-62)110-55-63-38-22-9-23-39-63)121(104,111-56-64-40-24-10-25-41-64)112-57-65-42-26-11-27-43-65)79(99)81(69(49-92)114-83)116-82-74(78(98)77(97)68(48-91)113-82)87-70(94)44-72(118(101,105-50-58-28-12-4-13-29-58)106-51-59-30-14-5-15-31-59)119(102,107-52-60-32-16-6-17-33-60)108-53-61-34-18-7-19-35-61/h4-43,66-69,72-83,89-93,96-99H,44-57H2,1-3H3,(H,86,100)(H,87,94)(H,88,95)/t66?,67?,68?,69?,74?,75?,76-,77+,78-,79-,80+,81+,82+,83+/m1/s1. The number of alkyl carbamates (subject to hydrolysis) is 1. The second-order valence-corrected chi connectivity index (χ2v) is 39.3. The van der Waals surface area contributed by atoms with E-state index in [9.17, 15) is 50.8 Å². The van der Waals surface area contributed by atoms with Gasteiger partial charge in [-0.15, -0.1) is 0 Å². The zero-order chi connectivity index (χ0) is 86.6. The summed E-state index contributed by atoms with van der Waals surface area (Å²) in [7, 11) is -20.8. The molecule has 8 aromatic rings. The highest BCUT2D eigenvalue weighted by atomic mass is 31.2. The van der Waals surface area contributed by atoms with Crippen LogP contribution >= 0.6 is 30.4 Å². The van der Waals surface area contributed by atoms with Gasteiger partial charge in [-0.1, -0.05) is 243 Å². The van der Waals surface area contributed by atoms with Crippen LogP contribution in [-0.2, 0) is 141 Å². The van der Waals surface area contributed by atoms with Crippen LogP contribution in [0.5, 0.6) is 0 Å². The molecule has 654 valence electrons. The van der Waals surface area contributed by atoms with Crippen LogP contribution in [0.25, 0.3) is 0 Å². The van der Waals surface area contributed by atoms with Gasteiger partial charge in [-0.05, 0) is 65.3 Å². The highest BCUT2D eigenvalue weighted by Crippen LogP contribution is 2.74. The molecular formula is C85H105N3O29P4. The van der Waals surface area contributed by atoms with Gasteiger partial charge in [0.2, 0.25) is 11.8 Å². The Hall–Kier alpha value is -7.95. The molecule has 2 heterocycles. The molecule has 121 heavy (non-hydrogen) atoms. The monoisotopic (exact) mass is 1760 g/mol. The summed E-state index contributed by atoms with van der Waals surface area (Å²) in [6.07, 6.45) is -27.9. The van der Waals surface area contributed by atoms with Crippen molar-refractivity contribution in [3.8, 4) is 0 Å². The fourth-order valence-corrected chi connectivity index (χ4v) is 23.2. The average molecular weight is 1760 g/mol. The molecule has 0 aromatic heterocycles. The van der Waals surface area contributed by atoms with Crippen molar-refractivity contribution in [2.45, 2.75) is 189 Å². The molecule has 32 nitrogen and oxygen atoms in total. The lowest BCUT2D eigenvalue weighted by molar-refractivity contribution is -0.341. The van der Waals surface area contributed by atoms with Crippen LogP contribution in [0.3, 0.4) is 0 Å². The summed E-state index contributed by atoms with van der Waals surface area (Å²) >= 11 is 0. The van der Waals surface area contributed by atoms with Crippen LogP contribution in [0.15, 0.2) is 243 Å². The zero-order valence-corrected chi connectivity index (χ0v) is 70.3. The molecule has 2 aliphatic rings. The minimum atomic E-state index is -5.23. The fourth-order valence-electron chi connectivity index (χ4n) is 13.0. The van der Waals surface area contributed by atoms with Crippen molar-refractivity contribution in [1.82, 2.24) is 16.0 Å². The van der Waals surface area contributed by atoms with Crippen LogP contribution in [0.1, 0.15) is 78.1 Å². The molecule has 2 fully saturated rings. The quantitative estimate of drug-likeness (QED) is 0.0158. The van der Waals surface area contributed by atoms with Crippen LogP contribution in [0, 0.1) is 0 Å². The van der Waals surface area contributed by atoms with E-state index in [4.69, 9.17) is 59.9 Å². The topological polar surface area (TPSA) is 458 Å². The number of nitrogens with one attached hydrogen (secondary N) is 3. The normalized spacial score (nSPS) is 20.9. The first-order valence-electron chi connectivity index (χ1n) is 39.0. The Morgan fingerprint density at radius 2 is 0.678 bits per heavy atom. The molecule has 36 heteroatoms. The van der Waals surface area contributed by atoms with Crippen molar-refractivity contribution in [2.75, 3.05) is 26.4 Å². The van der Waals surface area contributed by atoms with Gasteiger partial charge in [0.1, 0.15) is 72.6 Å². The van der Waals surface area contributed by atoms with E-state index in [1.165, 1.54) is 20.8 Å². The van der Waals surface area contributed by atoms with E-state index in [-0.39, 0.29) is 0 Å². The van der Waals surface area contributed by atoms with Crippen molar-refractivity contribution < 1.29 is 138 Å². The van der Waals surface area contributed by atoms with Gasteiger partial charge in [0.25, 0.3) is 0 Å². The molecule has 0 radical (unpaired) electrons. The lowest BCUT2D eigenvalue weighted by atomic mass is 9.94. The Kier molecular flexibility index (Phi) is 36.3. The van der Waals surface area contributed by atoms with E-state index in [1.807, 2.05) is 0 Å². The number of carbonyl (C=O) groups is 3. The molecule has 6 unspecified atom stereocenters. The molecule has 0 aliphatic carbocycles. The number of aliphatic hydroxyl groups is 9. The van der Waals surface area contributed by atoms with Crippen LogP contribution in [-0.4, -0.2) is 192 Å². The second-order valence-electron chi connectivity index (χ2n) is 29.6. The van der Waals surface area contributed by atoms with Crippen molar-refractivity contribution in [3.63, 3.8) is 0 Å². The van der Waals surface area contributed by atoms with E-state index in [0.29, 0.717) is 44.5 Å². The molecule has 14 atom stereocenters. The molecule has 12 N–H and O–H groups in total. The van der Waals surface area contributed by atoms with Gasteiger partial charge >= 0.3 is 36.5 Å². The van der Waals surface area contributed by atoms with Gasteiger partial charge in [0.05, 0.1) is 98.2 Å². The molecule has 3 amide bonds. The maximum absolute atomic E-state index is 16.5. The summed E-state index contributed by atoms with van der Waals surface area (Å²) in [6, 6.07) is 60.6. The van der Waals surface area contributed by atoms with Gasteiger partial charge in [-0.3, -0.25) is 27.8 Å². The van der Waals surface area contributed by atoms with E-state index < -0.39 is 242 Å². The third-order valence-corrected chi connectivity index (χ3v) is 30.4. The first kappa shape index (κ1) is 95.3. The first-order chi connectivity index (χ1) is 58.1. The van der Waals surface area contributed by atoms with Crippen molar-refractivity contribution >= 4 is 48.3 Å². The number of hydrogen-bond donors (Lipinski definition) is 12. The second kappa shape index (κ2) is 46.1. The minimum absolute atomic E-state index is 0.427. The molecule has 10 rings (SSSR count). The summed E-state index contributed by atoms with van der Waals surface area (Å²) in [5, 5.41) is 108. The zero-order valence-electron chi connectivity index (χ0n) is 66.7. The van der Waals surface area contributed by atoms with Gasteiger partial charge in [-0.25, -0.2) is 4.79 Å². The summed E-state index contributed by atoms with van der Waals surface area (Å²) in [6.45, 7) is -3.99. The Bertz CT molecular complexity index is 4250. The number of hydrogen-bond acceptors (Lipinski definition) is 29. The van der Waals surface area contributed by atoms with Crippen LogP contribution in [0.2, 0.25) is 0 Å². The predicted octanol–water partition coefficient (Wildman–Crippen LogP) is 9.78. The number of aliphatic hydroxyl groups excluding tert-OH is 9. The predicted molar refractivity (Wildman–Crippen MR) is 440 cm³/mol. The maximum atomic E-state index is 16.5. The minimum Gasteiger partial charge on any atom is -0.444 e. The van der Waals surface area contributed by atoms with Gasteiger partial charge < -0.3 is 122 Å². The number of benzene rings is 8. The molecule has 0 bridgehead atoms.